The van der Waals surface area contributed by atoms with Crippen LogP contribution in [0.15, 0.2) is 46.0 Å². The Morgan fingerprint density at radius 2 is 1.89 bits per heavy atom. The Bertz CT molecular complexity index is 664. The molecule has 5 nitrogen and oxygen atoms in total. The molecule has 1 aromatic heterocycles. The molecule has 0 radical (unpaired) electrons. The highest BCUT2D eigenvalue weighted by molar-refractivity contribution is 9.10. The van der Waals surface area contributed by atoms with Gasteiger partial charge in [0, 0.05) is 16.9 Å². The van der Waals surface area contributed by atoms with Gasteiger partial charge in [-0.1, -0.05) is 11.6 Å². The highest BCUT2D eigenvalue weighted by Gasteiger charge is 2.16. The molecule has 1 heterocycles. The maximum atomic E-state index is 12.0. The van der Waals surface area contributed by atoms with Crippen molar-refractivity contribution >= 4 is 43.5 Å². The van der Waals surface area contributed by atoms with Crippen molar-refractivity contribution in [3.05, 3.63) is 46.2 Å². The molecule has 1 N–H and O–H groups in total. The molecule has 0 atom stereocenters. The summed E-state index contributed by atoms with van der Waals surface area (Å²) in [5.41, 5.74) is 0. The second kappa shape index (κ2) is 5.21. The lowest BCUT2D eigenvalue weighted by Gasteiger charge is -2.06. The molecule has 0 fully saturated rings. The lowest BCUT2D eigenvalue weighted by Crippen LogP contribution is -2.14. The van der Waals surface area contributed by atoms with Crippen molar-refractivity contribution in [2.24, 2.45) is 0 Å². The van der Waals surface area contributed by atoms with Crippen molar-refractivity contribution < 1.29 is 8.42 Å². The Hall–Kier alpha value is -1.18. The highest BCUT2D eigenvalue weighted by atomic mass is 79.9. The minimum absolute atomic E-state index is 0.0172. The average molecular weight is 349 g/mol. The SMILES string of the molecule is O=S(=O)(Nc1ncccn1)c1ccc(Cl)c(Br)c1. The van der Waals surface area contributed by atoms with Gasteiger partial charge in [0.05, 0.1) is 9.92 Å². The molecule has 94 valence electrons. The third kappa shape index (κ3) is 2.98. The second-order valence-corrected chi connectivity index (χ2v) is 6.20. The van der Waals surface area contributed by atoms with E-state index < -0.39 is 10.0 Å². The Kier molecular flexibility index (Phi) is 3.84. The molecule has 1 aromatic carbocycles. The molecule has 0 saturated heterocycles. The van der Waals surface area contributed by atoms with Gasteiger partial charge in [0.1, 0.15) is 0 Å². The van der Waals surface area contributed by atoms with Gasteiger partial charge in [-0.25, -0.2) is 23.1 Å². The third-order valence-electron chi connectivity index (χ3n) is 1.99. The first-order chi connectivity index (χ1) is 8.49. The van der Waals surface area contributed by atoms with E-state index in [0.717, 1.165) is 0 Å². The highest BCUT2D eigenvalue weighted by Crippen LogP contribution is 2.25. The summed E-state index contributed by atoms with van der Waals surface area (Å²) in [6.07, 6.45) is 2.89. The van der Waals surface area contributed by atoms with E-state index in [2.05, 4.69) is 30.6 Å². The zero-order valence-electron chi connectivity index (χ0n) is 8.84. The Labute approximate surface area is 117 Å². The van der Waals surface area contributed by atoms with Crippen LogP contribution in [-0.2, 0) is 10.0 Å². The van der Waals surface area contributed by atoms with E-state index in [0.29, 0.717) is 9.50 Å². The van der Waals surface area contributed by atoms with E-state index in [-0.39, 0.29) is 10.8 Å². The van der Waals surface area contributed by atoms with Gasteiger partial charge in [0.15, 0.2) is 0 Å². The lowest BCUT2D eigenvalue weighted by molar-refractivity contribution is 0.600. The summed E-state index contributed by atoms with van der Waals surface area (Å²) in [6.45, 7) is 0. The monoisotopic (exact) mass is 347 g/mol. The molecule has 18 heavy (non-hydrogen) atoms. The van der Waals surface area contributed by atoms with E-state index in [1.165, 1.54) is 30.6 Å². The number of aromatic nitrogens is 2. The Morgan fingerprint density at radius 3 is 2.50 bits per heavy atom. The standard InChI is InChI=1S/C10H7BrClN3O2S/c11-8-6-7(2-3-9(8)12)18(16,17)15-10-13-4-1-5-14-10/h1-6H,(H,13,14,15). The predicted molar refractivity (Wildman–Crippen MR) is 72.0 cm³/mol. The van der Waals surface area contributed by atoms with E-state index in [4.69, 9.17) is 11.6 Å². The summed E-state index contributed by atoms with van der Waals surface area (Å²) in [6, 6.07) is 5.90. The number of anilines is 1. The van der Waals surface area contributed by atoms with Crippen molar-refractivity contribution in [3.63, 3.8) is 0 Å². The first-order valence-corrected chi connectivity index (χ1v) is 7.39. The van der Waals surface area contributed by atoms with Gasteiger partial charge >= 0.3 is 0 Å². The van der Waals surface area contributed by atoms with Crippen LogP contribution in [0.2, 0.25) is 5.02 Å². The van der Waals surface area contributed by atoms with Crippen molar-refractivity contribution in [2.45, 2.75) is 4.90 Å². The van der Waals surface area contributed by atoms with Crippen LogP contribution < -0.4 is 4.72 Å². The first-order valence-electron chi connectivity index (χ1n) is 4.74. The van der Waals surface area contributed by atoms with Crippen LogP contribution in [0.1, 0.15) is 0 Å². The molecule has 0 unspecified atom stereocenters. The Morgan fingerprint density at radius 1 is 1.22 bits per heavy atom. The number of nitrogens with one attached hydrogen (secondary N) is 1. The molecule has 0 aliphatic rings. The zero-order chi connectivity index (χ0) is 13.2. The molecular formula is C10H7BrClN3O2S. The largest absolute Gasteiger partial charge is 0.264 e. The van der Waals surface area contributed by atoms with Crippen LogP contribution in [0.25, 0.3) is 0 Å². The summed E-state index contributed by atoms with van der Waals surface area (Å²) in [5.74, 6) is 0.0172. The van der Waals surface area contributed by atoms with Gasteiger partial charge < -0.3 is 0 Å². The number of rotatable bonds is 3. The fourth-order valence-electron chi connectivity index (χ4n) is 1.17. The third-order valence-corrected chi connectivity index (χ3v) is 4.53. The molecular weight excluding hydrogens is 342 g/mol. The number of benzene rings is 1. The molecule has 2 rings (SSSR count). The van der Waals surface area contributed by atoms with Crippen molar-refractivity contribution in [3.8, 4) is 0 Å². The predicted octanol–water partition coefficient (Wildman–Crippen LogP) is 2.69. The summed E-state index contributed by atoms with van der Waals surface area (Å²) >= 11 is 8.97. The lowest BCUT2D eigenvalue weighted by atomic mass is 10.4. The molecule has 0 aliphatic carbocycles. The number of nitrogens with zero attached hydrogens (tertiary/aromatic N) is 2. The van der Waals surface area contributed by atoms with Crippen LogP contribution in [-0.4, -0.2) is 18.4 Å². The quantitative estimate of drug-likeness (QED) is 0.925. The maximum absolute atomic E-state index is 12.0. The fraction of sp³-hybridized carbons (Fsp3) is 0. The van der Waals surface area contributed by atoms with E-state index in [1.54, 1.807) is 6.07 Å². The van der Waals surface area contributed by atoms with Crippen LogP contribution in [0.4, 0.5) is 5.95 Å². The molecule has 0 amide bonds. The van der Waals surface area contributed by atoms with Gasteiger partial charge in [-0.2, -0.15) is 0 Å². The molecule has 0 saturated carbocycles. The molecule has 0 spiro atoms. The smallest absolute Gasteiger partial charge is 0.247 e. The van der Waals surface area contributed by atoms with Crippen molar-refractivity contribution in [1.29, 1.82) is 0 Å². The van der Waals surface area contributed by atoms with Crippen LogP contribution in [0.3, 0.4) is 0 Å². The van der Waals surface area contributed by atoms with Gasteiger partial charge in [0.2, 0.25) is 5.95 Å². The zero-order valence-corrected chi connectivity index (χ0v) is 12.0. The van der Waals surface area contributed by atoms with Crippen molar-refractivity contribution in [1.82, 2.24) is 9.97 Å². The van der Waals surface area contributed by atoms with E-state index >= 15 is 0 Å². The topological polar surface area (TPSA) is 72.0 Å². The van der Waals surface area contributed by atoms with Crippen LogP contribution in [0.5, 0.6) is 0 Å². The summed E-state index contributed by atoms with van der Waals surface area (Å²) in [4.78, 5) is 7.66. The van der Waals surface area contributed by atoms with Crippen LogP contribution >= 0.6 is 27.5 Å². The molecule has 8 heteroatoms. The van der Waals surface area contributed by atoms with Crippen molar-refractivity contribution in [2.75, 3.05) is 4.72 Å². The average Bonchev–Trinajstić information content (AvgIpc) is 2.33. The van der Waals surface area contributed by atoms with E-state index in [1.807, 2.05) is 0 Å². The van der Waals surface area contributed by atoms with E-state index in [9.17, 15) is 8.42 Å². The molecule has 0 aliphatic heterocycles. The van der Waals surface area contributed by atoms with Gasteiger partial charge in [-0.05, 0) is 40.2 Å². The number of sulfonamides is 1. The molecule has 2 aromatic rings. The minimum atomic E-state index is -3.72. The fourth-order valence-corrected chi connectivity index (χ4v) is 2.81. The minimum Gasteiger partial charge on any atom is -0.247 e. The number of hydrogen-bond acceptors (Lipinski definition) is 4. The van der Waals surface area contributed by atoms with Gasteiger partial charge in [0.25, 0.3) is 10.0 Å². The maximum Gasteiger partial charge on any atom is 0.264 e. The molecule has 0 bridgehead atoms. The first kappa shape index (κ1) is 13.3. The van der Waals surface area contributed by atoms with Crippen LogP contribution in [0, 0.1) is 0 Å². The normalized spacial score (nSPS) is 11.2. The Balaban J connectivity index is 2.34. The summed E-state index contributed by atoms with van der Waals surface area (Å²) < 4.78 is 26.8. The van der Waals surface area contributed by atoms with Gasteiger partial charge in [-0.3, -0.25) is 0 Å². The second-order valence-electron chi connectivity index (χ2n) is 3.25. The number of halogens is 2. The number of hydrogen-bond donors (Lipinski definition) is 1. The summed E-state index contributed by atoms with van der Waals surface area (Å²) in [5, 5.41) is 0.435. The summed E-state index contributed by atoms with van der Waals surface area (Å²) in [7, 11) is -3.72. The van der Waals surface area contributed by atoms with Gasteiger partial charge in [-0.15, -0.1) is 0 Å².